The summed E-state index contributed by atoms with van der Waals surface area (Å²) < 4.78 is 0. The van der Waals surface area contributed by atoms with E-state index in [1.807, 2.05) is 0 Å². The van der Waals surface area contributed by atoms with Gasteiger partial charge in [0, 0.05) is 0 Å². The van der Waals surface area contributed by atoms with Crippen molar-refractivity contribution in [3.63, 3.8) is 0 Å². The standard InChI is InChI=1S/C13H26/c1-3-7-13-9-6-4-5-8-12(2)10-11-13/h12-13H,3-11H2,1-2H3. The molecule has 0 heterocycles. The van der Waals surface area contributed by atoms with Crippen molar-refractivity contribution in [3.05, 3.63) is 0 Å². The molecule has 0 heteroatoms. The third-order valence-electron chi connectivity index (χ3n) is 3.57. The molecule has 1 rings (SSSR count). The summed E-state index contributed by atoms with van der Waals surface area (Å²) in [5.41, 5.74) is 0. The van der Waals surface area contributed by atoms with Crippen molar-refractivity contribution in [3.8, 4) is 0 Å². The quantitative estimate of drug-likeness (QED) is 0.576. The normalized spacial score (nSPS) is 31.8. The SMILES string of the molecule is CCCC1CCCCCC(C)CC1. The Kier molecular flexibility index (Phi) is 5.50. The first-order valence-electron chi connectivity index (χ1n) is 6.33. The van der Waals surface area contributed by atoms with Crippen molar-refractivity contribution in [2.24, 2.45) is 11.8 Å². The predicted octanol–water partition coefficient (Wildman–Crippen LogP) is 4.78. The minimum Gasteiger partial charge on any atom is -0.0654 e. The summed E-state index contributed by atoms with van der Waals surface area (Å²) in [6.07, 6.45) is 13.3. The van der Waals surface area contributed by atoms with Crippen LogP contribution in [0.25, 0.3) is 0 Å². The average molecular weight is 182 g/mol. The molecule has 2 unspecified atom stereocenters. The second-order valence-electron chi connectivity index (χ2n) is 4.98. The Morgan fingerprint density at radius 1 is 0.923 bits per heavy atom. The lowest BCUT2D eigenvalue weighted by molar-refractivity contribution is 0.370. The minimum absolute atomic E-state index is 0.998. The van der Waals surface area contributed by atoms with E-state index in [4.69, 9.17) is 0 Å². The van der Waals surface area contributed by atoms with Crippen molar-refractivity contribution in [2.75, 3.05) is 0 Å². The van der Waals surface area contributed by atoms with Crippen LogP contribution in [0.4, 0.5) is 0 Å². The van der Waals surface area contributed by atoms with Crippen LogP contribution >= 0.6 is 0 Å². The maximum Gasteiger partial charge on any atom is -0.0414 e. The molecule has 2 atom stereocenters. The smallest absolute Gasteiger partial charge is 0.0414 e. The molecule has 78 valence electrons. The zero-order chi connectivity index (χ0) is 9.52. The first-order valence-corrected chi connectivity index (χ1v) is 6.33. The summed E-state index contributed by atoms with van der Waals surface area (Å²) in [7, 11) is 0. The van der Waals surface area contributed by atoms with Crippen LogP contribution in [-0.2, 0) is 0 Å². The summed E-state index contributed by atoms with van der Waals surface area (Å²) in [6.45, 7) is 4.77. The van der Waals surface area contributed by atoms with Crippen LogP contribution in [0.2, 0.25) is 0 Å². The summed E-state index contributed by atoms with van der Waals surface area (Å²) in [4.78, 5) is 0. The third kappa shape index (κ3) is 4.69. The molecule has 0 radical (unpaired) electrons. The highest BCUT2D eigenvalue weighted by atomic mass is 14.2. The van der Waals surface area contributed by atoms with Crippen molar-refractivity contribution >= 4 is 0 Å². The van der Waals surface area contributed by atoms with E-state index in [0.29, 0.717) is 0 Å². The van der Waals surface area contributed by atoms with Gasteiger partial charge in [0.25, 0.3) is 0 Å². The fraction of sp³-hybridized carbons (Fsp3) is 1.00. The topological polar surface area (TPSA) is 0 Å². The number of hydrogen-bond donors (Lipinski definition) is 0. The van der Waals surface area contributed by atoms with Crippen molar-refractivity contribution < 1.29 is 0 Å². The molecular formula is C13H26. The van der Waals surface area contributed by atoms with Gasteiger partial charge in [0.15, 0.2) is 0 Å². The van der Waals surface area contributed by atoms with Crippen LogP contribution in [0.3, 0.4) is 0 Å². The summed E-state index contributed by atoms with van der Waals surface area (Å²) in [5.74, 6) is 2.06. The van der Waals surface area contributed by atoms with Crippen LogP contribution in [0.5, 0.6) is 0 Å². The molecule has 0 N–H and O–H groups in total. The monoisotopic (exact) mass is 182 g/mol. The fourth-order valence-corrected chi connectivity index (χ4v) is 2.61. The van der Waals surface area contributed by atoms with Gasteiger partial charge in [0.1, 0.15) is 0 Å². The van der Waals surface area contributed by atoms with Gasteiger partial charge in [-0.1, -0.05) is 71.6 Å². The Balaban J connectivity index is 2.28. The van der Waals surface area contributed by atoms with E-state index in [9.17, 15) is 0 Å². The van der Waals surface area contributed by atoms with Gasteiger partial charge in [-0.15, -0.1) is 0 Å². The van der Waals surface area contributed by atoms with E-state index in [2.05, 4.69) is 13.8 Å². The van der Waals surface area contributed by atoms with Gasteiger partial charge in [-0.25, -0.2) is 0 Å². The van der Waals surface area contributed by atoms with E-state index < -0.39 is 0 Å². The van der Waals surface area contributed by atoms with E-state index >= 15 is 0 Å². The molecule has 0 amide bonds. The first kappa shape index (κ1) is 11.1. The van der Waals surface area contributed by atoms with Gasteiger partial charge in [-0.3, -0.25) is 0 Å². The zero-order valence-electron chi connectivity index (χ0n) is 9.52. The van der Waals surface area contributed by atoms with Gasteiger partial charge in [0.05, 0.1) is 0 Å². The lowest BCUT2D eigenvalue weighted by Crippen LogP contribution is -2.02. The van der Waals surface area contributed by atoms with Gasteiger partial charge >= 0.3 is 0 Å². The molecule has 0 spiro atoms. The van der Waals surface area contributed by atoms with Crippen LogP contribution in [0.1, 0.15) is 71.6 Å². The molecular weight excluding hydrogens is 156 g/mol. The van der Waals surface area contributed by atoms with Gasteiger partial charge in [0.2, 0.25) is 0 Å². The van der Waals surface area contributed by atoms with E-state index in [1.54, 1.807) is 0 Å². The molecule has 0 aromatic carbocycles. The Bertz CT molecular complexity index is 117. The Morgan fingerprint density at radius 2 is 1.69 bits per heavy atom. The van der Waals surface area contributed by atoms with Crippen molar-refractivity contribution in [2.45, 2.75) is 71.6 Å². The summed E-state index contributed by atoms with van der Waals surface area (Å²) in [5, 5.41) is 0. The van der Waals surface area contributed by atoms with Gasteiger partial charge < -0.3 is 0 Å². The van der Waals surface area contributed by atoms with Crippen LogP contribution in [0.15, 0.2) is 0 Å². The van der Waals surface area contributed by atoms with Gasteiger partial charge in [-0.05, 0) is 11.8 Å². The van der Waals surface area contributed by atoms with Crippen molar-refractivity contribution in [1.82, 2.24) is 0 Å². The highest BCUT2D eigenvalue weighted by Gasteiger charge is 2.12. The summed E-state index contributed by atoms with van der Waals surface area (Å²) in [6, 6.07) is 0. The molecule has 0 aromatic heterocycles. The second-order valence-corrected chi connectivity index (χ2v) is 4.98. The molecule has 0 bridgehead atoms. The largest absolute Gasteiger partial charge is 0.0654 e. The molecule has 1 saturated carbocycles. The molecule has 1 aliphatic rings. The van der Waals surface area contributed by atoms with Gasteiger partial charge in [-0.2, -0.15) is 0 Å². The average Bonchev–Trinajstić information content (AvgIpc) is 2.21. The highest BCUT2D eigenvalue weighted by Crippen LogP contribution is 2.27. The lowest BCUT2D eigenvalue weighted by atomic mass is 9.90. The minimum atomic E-state index is 0.998. The van der Waals surface area contributed by atoms with E-state index in [1.165, 1.54) is 57.8 Å². The Morgan fingerprint density at radius 3 is 2.46 bits per heavy atom. The van der Waals surface area contributed by atoms with Crippen LogP contribution < -0.4 is 0 Å². The lowest BCUT2D eigenvalue weighted by Gasteiger charge is -2.16. The molecule has 1 aliphatic carbocycles. The highest BCUT2D eigenvalue weighted by molar-refractivity contribution is 4.65. The summed E-state index contributed by atoms with van der Waals surface area (Å²) >= 11 is 0. The van der Waals surface area contributed by atoms with E-state index in [-0.39, 0.29) is 0 Å². The second kappa shape index (κ2) is 6.45. The third-order valence-corrected chi connectivity index (χ3v) is 3.57. The number of hydrogen-bond acceptors (Lipinski definition) is 0. The molecule has 0 nitrogen and oxygen atoms in total. The molecule has 1 fully saturated rings. The molecule has 13 heavy (non-hydrogen) atoms. The zero-order valence-corrected chi connectivity index (χ0v) is 9.52. The van der Waals surface area contributed by atoms with E-state index in [0.717, 1.165) is 11.8 Å². The molecule has 0 aromatic rings. The molecule has 0 aliphatic heterocycles. The Hall–Kier alpha value is 0. The maximum atomic E-state index is 2.44. The first-order chi connectivity index (χ1) is 6.33. The molecule has 0 saturated heterocycles. The predicted molar refractivity (Wildman–Crippen MR) is 59.9 cm³/mol. The Labute approximate surface area is 84.1 Å². The van der Waals surface area contributed by atoms with Crippen LogP contribution in [-0.4, -0.2) is 0 Å². The maximum absolute atomic E-state index is 2.44. The van der Waals surface area contributed by atoms with Crippen LogP contribution in [0, 0.1) is 11.8 Å². The fourth-order valence-electron chi connectivity index (χ4n) is 2.61. The van der Waals surface area contributed by atoms with Crippen molar-refractivity contribution in [1.29, 1.82) is 0 Å². The number of rotatable bonds is 2.